The fourth-order valence-corrected chi connectivity index (χ4v) is 3.07. The molecular weight excluding hydrogens is 437 g/mol. The summed E-state index contributed by atoms with van der Waals surface area (Å²) in [5.74, 6) is -1.96. The third kappa shape index (κ3) is 4.04. The Morgan fingerprint density at radius 3 is 2.41 bits per heavy atom. The topological polar surface area (TPSA) is 87.1 Å². The normalized spacial score (nSPS) is 11.5. The highest BCUT2D eigenvalue weighted by Crippen LogP contribution is 2.32. The van der Waals surface area contributed by atoms with Gasteiger partial charge in [-0.05, 0) is 42.0 Å². The lowest BCUT2D eigenvalue weighted by atomic mass is 10.0. The predicted molar refractivity (Wildman–Crippen MR) is 106 cm³/mol. The van der Waals surface area contributed by atoms with E-state index in [0.717, 1.165) is 6.07 Å². The van der Waals surface area contributed by atoms with Gasteiger partial charge in [0, 0.05) is 17.1 Å². The first kappa shape index (κ1) is 21.1. The molecule has 0 aliphatic rings. The van der Waals surface area contributed by atoms with Crippen LogP contribution in [-0.4, -0.2) is 11.0 Å². The van der Waals surface area contributed by atoms with E-state index in [1.54, 1.807) is 6.07 Å². The maximum absolute atomic E-state index is 14.6. The monoisotopic (exact) mass is 449 g/mol. The number of rotatable bonds is 3. The molecule has 164 valence electrons. The molecule has 2 amide bonds. The van der Waals surface area contributed by atoms with E-state index >= 15 is 0 Å². The number of urea groups is 1. The molecule has 2 heterocycles. The van der Waals surface area contributed by atoms with Gasteiger partial charge < -0.3 is 20.0 Å². The van der Waals surface area contributed by atoms with Crippen molar-refractivity contribution in [2.75, 3.05) is 10.6 Å². The fourth-order valence-electron chi connectivity index (χ4n) is 3.07. The number of halogens is 5. The minimum Gasteiger partial charge on any atom is -0.459 e. The Morgan fingerprint density at radius 2 is 1.69 bits per heavy atom. The molecule has 11 heteroatoms. The van der Waals surface area contributed by atoms with Crippen molar-refractivity contribution in [2.24, 2.45) is 0 Å². The molecule has 0 unspecified atom stereocenters. The number of benzene rings is 2. The first-order chi connectivity index (χ1) is 15.1. The van der Waals surface area contributed by atoms with Crippen LogP contribution in [0.4, 0.5) is 38.1 Å². The minimum atomic E-state index is -4.73. The summed E-state index contributed by atoms with van der Waals surface area (Å²) in [6.45, 7) is 0. The maximum atomic E-state index is 14.6. The molecule has 0 saturated heterocycles. The highest BCUT2D eigenvalue weighted by Gasteiger charge is 2.31. The lowest BCUT2D eigenvalue weighted by Crippen LogP contribution is -2.21. The van der Waals surface area contributed by atoms with Gasteiger partial charge in [0.05, 0.1) is 23.2 Å². The van der Waals surface area contributed by atoms with Gasteiger partial charge in [-0.15, -0.1) is 0 Å². The number of carbonyl (C=O) groups is 1. The molecule has 0 radical (unpaired) electrons. The number of anilines is 2. The van der Waals surface area contributed by atoms with E-state index in [9.17, 15) is 31.5 Å². The molecule has 0 atom stereocenters. The van der Waals surface area contributed by atoms with Gasteiger partial charge in [0.2, 0.25) is 0 Å². The first-order valence-electron chi connectivity index (χ1n) is 8.97. The van der Waals surface area contributed by atoms with E-state index in [0.29, 0.717) is 34.7 Å². The summed E-state index contributed by atoms with van der Waals surface area (Å²) < 4.78 is 71.8. The smallest absolute Gasteiger partial charge is 0.416 e. The van der Waals surface area contributed by atoms with Gasteiger partial charge in [0.15, 0.2) is 5.58 Å². The quantitative estimate of drug-likeness (QED) is 0.349. The van der Waals surface area contributed by atoms with Crippen LogP contribution in [0.25, 0.3) is 22.1 Å². The SMILES string of the molecule is O=C(Nc1ccc(-c2c[nH]c(=O)c3occc23)cc1F)Nc1cc(C(F)(F)F)ccc1F. The highest BCUT2D eigenvalue weighted by atomic mass is 19.4. The number of fused-ring (bicyclic) bond motifs is 1. The van der Waals surface area contributed by atoms with Crippen LogP contribution in [0.2, 0.25) is 0 Å². The van der Waals surface area contributed by atoms with Gasteiger partial charge >= 0.3 is 12.2 Å². The molecule has 0 aliphatic heterocycles. The van der Waals surface area contributed by atoms with E-state index < -0.39 is 40.7 Å². The third-order valence-corrected chi connectivity index (χ3v) is 4.58. The van der Waals surface area contributed by atoms with E-state index in [4.69, 9.17) is 4.42 Å². The number of hydrogen-bond donors (Lipinski definition) is 3. The van der Waals surface area contributed by atoms with Crippen molar-refractivity contribution < 1.29 is 31.2 Å². The minimum absolute atomic E-state index is 0.0626. The molecule has 32 heavy (non-hydrogen) atoms. The Kier molecular flexibility index (Phi) is 5.17. The van der Waals surface area contributed by atoms with E-state index in [2.05, 4.69) is 10.3 Å². The van der Waals surface area contributed by atoms with Crippen LogP contribution in [0.1, 0.15) is 5.56 Å². The van der Waals surface area contributed by atoms with Crippen molar-refractivity contribution >= 4 is 28.4 Å². The van der Waals surface area contributed by atoms with Gasteiger partial charge in [-0.2, -0.15) is 13.2 Å². The predicted octanol–water partition coefficient (Wildman–Crippen LogP) is 5.73. The van der Waals surface area contributed by atoms with Crippen LogP contribution in [0, 0.1) is 11.6 Å². The van der Waals surface area contributed by atoms with E-state index in [-0.39, 0.29) is 11.3 Å². The van der Waals surface area contributed by atoms with Crippen molar-refractivity contribution in [3.05, 3.63) is 82.5 Å². The number of aromatic amines is 1. The van der Waals surface area contributed by atoms with Gasteiger partial charge in [-0.25, -0.2) is 13.6 Å². The van der Waals surface area contributed by atoms with Gasteiger partial charge in [-0.3, -0.25) is 4.79 Å². The number of nitrogens with one attached hydrogen (secondary N) is 3. The first-order valence-corrected chi connectivity index (χ1v) is 8.97. The lowest BCUT2D eigenvalue weighted by molar-refractivity contribution is -0.137. The standard InChI is InChI=1S/C21H12F5N3O3/c22-14-3-2-11(21(24,25)26)8-17(14)29-20(31)28-16-4-1-10(7-15(16)23)13-9-27-19(30)18-12(13)5-6-32-18/h1-9H,(H,27,30)(H2,28,29,31). The molecule has 3 N–H and O–H groups in total. The summed E-state index contributed by atoms with van der Waals surface area (Å²) in [5, 5.41) is 4.49. The maximum Gasteiger partial charge on any atom is 0.416 e. The molecule has 2 aromatic heterocycles. The van der Waals surface area contributed by atoms with Crippen LogP contribution in [-0.2, 0) is 6.18 Å². The van der Waals surface area contributed by atoms with Gasteiger partial charge in [0.25, 0.3) is 5.56 Å². The van der Waals surface area contributed by atoms with Crippen LogP contribution in [0.3, 0.4) is 0 Å². The number of pyridine rings is 1. The van der Waals surface area contributed by atoms with Crippen LogP contribution < -0.4 is 16.2 Å². The molecule has 0 aliphatic carbocycles. The Labute approximate surface area is 175 Å². The summed E-state index contributed by atoms with van der Waals surface area (Å²) in [6, 6.07) is 5.67. The Morgan fingerprint density at radius 1 is 0.938 bits per heavy atom. The Hall–Kier alpha value is -4.15. The highest BCUT2D eigenvalue weighted by molar-refractivity contribution is 6.00. The molecule has 0 bridgehead atoms. The molecule has 4 aromatic rings. The number of alkyl halides is 3. The molecule has 2 aromatic carbocycles. The van der Waals surface area contributed by atoms with Crippen LogP contribution >= 0.6 is 0 Å². The summed E-state index contributed by atoms with van der Waals surface area (Å²) in [6.07, 6.45) is -2.04. The second-order valence-electron chi connectivity index (χ2n) is 6.66. The Bertz CT molecular complexity index is 1390. The number of amides is 2. The molecule has 6 nitrogen and oxygen atoms in total. The summed E-state index contributed by atoms with van der Waals surface area (Å²) in [7, 11) is 0. The van der Waals surface area contributed by atoms with Crippen LogP contribution in [0.5, 0.6) is 0 Å². The van der Waals surface area contributed by atoms with Crippen LogP contribution in [0.15, 0.2) is 64.1 Å². The molecule has 0 saturated carbocycles. The number of carbonyl (C=O) groups excluding carboxylic acids is 1. The second kappa shape index (κ2) is 7.84. The lowest BCUT2D eigenvalue weighted by Gasteiger charge is -2.12. The van der Waals surface area contributed by atoms with Crippen molar-refractivity contribution in [1.29, 1.82) is 0 Å². The Balaban J connectivity index is 1.56. The molecule has 0 fully saturated rings. The second-order valence-corrected chi connectivity index (χ2v) is 6.66. The largest absolute Gasteiger partial charge is 0.459 e. The average molecular weight is 449 g/mol. The number of furan rings is 1. The summed E-state index contributed by atoms with van der Waals surface area (Å²) >= 11 is 0. The van der Waals surface area contributed by atoms with Crippen molar-refractivity contribution in [1.82, 2.24) is 4.98 Å². The fraction of sp³-hybridized carbons (Fsp3) is 0.0476. The van der Waals surface area contributed by atoms with Crippen molar-refractivity contribution in [3.8, 4) is 11.1 Å². The molecular formula is C21H12F5N3O3. The number of hydrogen-bond acceptors (Lipinski definition) is 3. The zero-order chi connectivity index (χ0) is 23.0. The molecule has 0 spiro atoms. The zero-order valence-electron chi connectivity index (χ0n) is 15.8. The third-order valence-electron chi connectivity index (χ3n) is 4.58. The number of aromatic nitrogens is 1. The average Bonchev–Trinajstić information content (AvgIpc) is 3.21. The van der Waals surface area contributed by atoms with Gasteiger partial charge in [0.1, 0.15) is 11.6 Å². The van der Waals surface area contributed by atoms with Gasteiger partial charge in [-0.1, -0.05) is 6.07 Å². The number of H-pyrrole nitrogens is 1. The summed E-state index contributed by atoms with van der Waals surface area (Å²) in [5.41, 5.74) is -1.74. The van der Waals surface area contributed by atoms with Crippen molar-refractivity contribution in [3.63, 3.8) is 0 Å². The van der Waals surface area contributed by atoms with E-state index in [1.165, 1.54) is 24.6 Å². The zero-order valence-corrected chi connectivity index (χ0v) is 15.8. The van der Waals surface area contributed by atoms with E-state index in [1.807, 2.05) is 5.32 Å². The van der Waals surface area contributed by atoms with Crippen molar-refractivity contribution in [2.45, 2.75) is 6.18 Å². The molecule has 4 rings (SSSR count). The summed E-state index contributed by atoms with van der Waals surface area (Å²) in [4.78, 5) is 26.3.